The maximum absolute atomic E-state index is 5.73. The number of aryl methyl sites for hydroxylation is 1. The molecule has 0 saturated heterocycles. The molecule has 21 heavy (non-hydrogen) atoms. The van der Waals surface area contributed by atoms with E-state index in [1.807, 2.05) is 19.2 Å². The van der Waals surface area contributed by atoms with Crippen molar-refractivity contribution >= 4 is 33.1 Å². The van der Waals surface area contributed by atoms with Crippen molar-refractivity contribution < 1.29 is 0 Å². The number of rotatable bonds is 4. The quantitative estimate of drug-likeness (QED) is 0.801. The van der Waals surface area contributed by atoms with Crippen LogP contribution in [0.1, 0.15) is 17.4 Å². The molecule has 5 heteroatoms. The topological polar surface area (TPSA) is 55.0 Å². The largest absolute Gasteiger partial charge is 0.329 e. The van der Waals surface area contributed by atoms with E-state index in [0.717, 1.165) is 33.7 Å². The third-order valence-electron chi connectivity index (χ3n) is 3.56. The maximum atomic E-state index is 5.73. The Bertz CT molecular complexity index is 766. The lowest BCUT2D eigenvalue weighted by atomic mass is 10.2. The van der Waals surface area contributed by atoms with Gasteiger partial charge in [-0.05, 0) is 30.2 Å². The van der Waals surface area contributed by atoms with Crippen LogP contribution in [-0.4, -0.2) is 17.0 Å². The Kier molecular flexibility index (Phi) is 3.86. The highest BCUT2D eigenvalue weighted by molar-refractivity contribution is 7.18. The number of benzene rings is 1. The fourth-order valence-electron chi connectivity index (χ4n) is 2.35. The molecule has 0 aliphatic heterocycles. The first-order valence-electron chi connectivity index (χ1n) is 6.99. The summed E-state index contributed by atoms with van der Waals surface area (Å²) in [5, 5.41) is 1.11. The highest BCUT2D eigenvalue weighted by atomic mass is 32.1. The Morgan fingerprint density at radius 2 is 2.10 bits per heavy atom. The van der Waals surface area contributed by atoms with Crippen molar-refractivity contribution in [3.63, 3.8) is 0 Å². The van der Waals surface area contributed by atoms with Crippen LogP contribution in [0.4, 0.5) is 11.5 Å². The molecule has 0 atom stereocenters. The SMILES string of the molecule is CCc1cc2c(N(C)c3cccc(CN)c3)ncnc2s1. The van der Waals surface area contributed by atoms with Crippen LogP contribution in [-0.2, 0) is 13.0 Å². The van der Waals surface area contributed by atoms with E-state index in [2.05, 4.69) is 40.0 Å². The van der Waals surface area contributed by atoms with E-state index in [4.69, 9.17) is 5.73 Å². The predicted octanol–water partition coefficient (Wildman–Crippen LogP) is 3.48. The Labute approximate surface area is 128 Å². The Morgan fingerprint density at radius 3 is 2.86 bits per heavy atom. The summed E-state index contributed by atoms with van der Waals surface area (Å²) in [7, 11) is 2.03. The van der Waals surface area contributed by atoms with Crippen LogP contribution in [0.3, 0.4) is 0 Å². The molecule has 0 radical (unpaired) electrons. The number of fused-ring (bicyclic) bond motifs is 1. The molecule has 3 aromatic rings. The molecular weight excluding hydrogens is 280 g/mol. The van der Waals surface area contributed by atoms with Gasteiger partial charge in [-0.15, -0.1) is 11.3 Å². The molecule has 0 unspecified atom stereocenters. The van der Waals surface area contributed by atoms with Crippen molar-refractivity contribution in [2.45, 2.75) is 19.9 Å². The number of hydrogen-bond acceptors (Lipinski definition) is 5. The summed E-state index contributed by atoms with van der Waals surface area (Å²) in [6.45, 7) is 2.70. The third-order valence-corrected chi connectivity index (χ3v) is 4.75. The molecule has 3 rings (SSSR count). The Morgan fingerprint density at radius 1 is 1.24 bits per heavy atom. The second-order valence-corrected chi connectivity index (χ2v) is 6.03. The van der Waals surface area contributed by atoms with Crippen molar-refractivity contribution in [1.82, 2.24) is 9.97 Å². The van der Waals surface area contributed by atoms with Gasteiger partial charge in [-0.2, -0.15) is 0 Å². The predicted molar refractivity (Wildman–Crippen MR) is 89.2 cm³/mol. The average Bonchev–Trinajstić information content (AvgIpc) is 2.97. The number of anilines is 2. The molecule has 0 aliphatic carbocycles. The normalized spacial score (nSPS) is 11.0. The second-order valence-electron chi connectivity index (χ2n) is 4.92. The van der Waals surface area contributed by atoms with Crippen molar-refractivity contribution in [1.29, 1.82) is 0 Å². The van der Waals surface area contributed by atoms with E-state index in [-0.39, 0.29) is 0 Å². The lowest BCUT2D eigenvalue weighted by Crippen LogP contribution is -2.12. The van der Waals surface area contributed by atoms with E-state index in [1.54, 1.807) is 17.7 Å². The first-order valence-corrected chi connectivity index (χ1v) is 7.80. The fourth-order valence-corrected chi connectivity index (χ4v) is 3.28. The van der Waals surface area contributed by atoms with Crippen LogP contribution in [0.2, 0.25) is 0 Å². The van der Waals surface area contributed by atoms with Gasteiger partial charge in [0.25, 0.3) is 0 Å². The van der Waals surface area contributed by atoms with Gasteiger partial charge in [0, 0.05) is 24.2 Å². The first-order chi connectivity index (χ1) is 10.2. The minimum atomic E-state index is 0.541. The van der Waals surface area contributed by atoms with Gasteiger partial charge >= 0.3 is 0 Å². The molecule has 4 nitrogen and oxygen atoms in total. The molecule has 1 aromatic carbocycles. The van der Waals surface area contributed by atoms with Crippen LogP contribution in [0.25, 0.3) is 10.2 Å². The van der Waals surface area contributed by atoms with Crippen LogP contribution >= 0.6 is 11.3 Å². The molecule has 2 N–H and O–H groups in total. The molecule has 0 spiro atoms. The lowest BCUT2D eigenvalue weighted by Gasteiger charge is -2.19. The Balaban J connectivity index is 2.08. The summed E-state index contributed by atoms with van der Waals surface area (Å²) in [5.41, 5.74) is 7.93. The molecule has 2 heterocycles. The van der Waals surface area contributed by atoms with Gasteiger partial charge in [-0.3, -0.25) is 0 Å². The molecule has 0 saturated carbocycles. The lowest BCUT2D eigenvalue weighted by molar-refractivity contribution is 1.06. The summed E-state index contributed by atoms with van der Waals surface area (Å²) < 4.78 is 0. The second kappa shape index (κ2) is 5.79. The monoisotopic (exact) mass is 298 g/mol. The third kappa shape index (κ3) is 2.62. The molecule has 0 aliphatic rings. The summed E-state index contributed by atoms with van der Waals surface area (Å²) in [4.78, 5) is 13.3. The smallest absolute Gasteiger partial charge is 0.144 e. The molecular formula is C16H18N4S. The number of nitrogens with two attached hydrogens (primary N) is 1. The summed E-state index contributed by atoms with van der Waals surface area (Å²) >= 11 is 1.73. The molecule has 2 aromatic heterocycles. The number of aromatic nitrogens is 2. The zero-order chi connectivity index (χ0) is 14.8. The minimum Gasteiger partial charge on any atom is -0.329 e. The van der Waals surface area contributed by atoms with E-state index >= 15 is 0 Å². The van der Waals surface area contributed by atoms with Gasteiger partial charge in [0.1, 0.15) is 17.0 Å². The fraction of sp³-hybridized carbons (Fsp3) is 0.250. The van der Waals surface area contributed by atoms with Crippen LogP contribution in [0, 0.1) is 0 Å². The average molecular weight is 298 g/mol. The summed E-state index contributed by atoms with van der Waals surface area (Å²) in [6.07, 6.45) is 2.66. The number of thiophene rings is 1. The highest BCUT2D eigenvalue weighted by Gasteiger charge is 2.13. The standard InChI is InChI=1S/C16H18N4S/c1-3-13-8-14-15(18-10-19-16(14)21-13)20(2)12-6-4-5-11(7-12)9-17/h4-8,10H,3,9,17H2,1-2H3. The maximum Gasteiger partial charge on any atom is 0.144 e. The van der Waals surface area contributed by atoms with Crippen LogP contribution in [0.5, 0.6) is 0 Å². The van der Waals surface area contributed by atoms with E-state index in [9.17, 15) is 0 Å². The van der Waals surface area contributed by atoms with Crippen molar-refractivity contribution in [2.24, 2.45) is 5.73 Å². The van der Waals surface area contributed by atoms with Gasteiger partial charge in [0.05, 0.1) is 5.39 Å². The molecule has 0 amide bonds. The van der Waals surface area contributed by atoms with Gasteiger partial charge in [-0.1, -0.05) is 19.1 Å². The van der Waals surface area contributed by atoms with E-state index in [0.29, 0.717) is 6.54 Å². The first kappa shape index (κ1) is 14.0. The summed E-state index contributed by atoms with van der Waals surface area (Å²) in [5.74, 6) is 0.935. The Hall–Kier alpha value is -1.98. The molecule has 0 bridgehead atoms. The van der Waals surface area contributed by atoms with Gasteiger partial charge in [-0.25, -0.2) is 9.97 Å². The number of nitrogens with zero attached hydrogens (tertiary/aromatic N) is 3. The van der Waals surface area contributed by atoms with Gasteiger partial charge in [0.2, 0.25) is 0 Å². The van der Waals surface area contributed by atoms with Crippen LogP contribution in [0.15, 0.2) is 36.7 Å². The van der Waals surface area contributed by atoms with Crippen molar-refractivity contribution in [3.8, 4) is 0 Å². The highest BCUT2D eigenvalue weighted by Crippen LogP contribution is 2.33. The zero-order valence-electron chi connectivity index (χ0n) is 12.2. The van der Waals surface area contributed by atoms with Crippen molar-refractivity contribution in [3.05, 3.63) is 47.1 Å². The van der Waals surface area contributed by atoms with Crippen LogP contribution < -0.4 is 10.6 Å². The minimum absolute atomic E-state index is 0.541. The van der Waals surface area contributed by atoms with E-state index in [1.165, 1.54) is 4.88 Å². The zero-order valence-corrected chi connectivity index (χ0v) is 13.0. The molecule has 0 fully saturated rings. The molecule has 108 valence electrons. The number of hydrogen-bond donors (Lipinski definition) is 1. The van der Waals surface area contributed by atoms with E-state index < -0.39 is 0 Å². The van der Waals surface area contributed by atoms with Gasteiger partial charge in [0.15, 0.2) is 0 Å². The van der Waals surface area contributed by atoms with Crippen molar-refractivity contribution in [2.75, 3.05) is 11.9 Å². The summed E-state index contributed by atoms with van der Waals surface area (Å²) in [6, 6.07) is 10.4. The van der Waals surface area contributed by atoms with Gasteiger partial charge < -0.3 is 10.6 Å².